The van der Waals surface area contributed by atoms with Crippen molar-refractivity contribution in [2.45, 2.75) is 17.9 Å². The van der Waals surface area contributed by atoms with E-state index in [1.165, 1.54) is 4.68 Å². The fourth-order valence-corrected chi connectivity index (χ4v) is 5.09. The number of aromatic nitrogens is 2. The van der Waals surface area contributed by atoms with Gasteiger partial charge in [0.15, 0.2) is 9.84 Å². The van der Waals surface area contributed by atoms with Gasteiger partial charge < -0.3 is 15.4 Å². The molecule has 2 amide bonds. The Kier molecular flexibility index (Phi) is 5.95. The molecule has 3 aromatic rings. The molecule has 1 aromatic heterocycles. The monoisotopic (exact) mass is 454 g/mol. The lowest BCUT2D eigenvalue weighted by Crippen LogP contribution is -2.37. The van der Waals surface area contributed by atoms with Gasteiger partial charge in [0.25, 0.3) is 0 Å². The Bertz CT molecular complexity index is 1270. The second-order valence-corrected chi connectivity index (χ2v) is 9.39. The number of carbonyl (C=O) groups excluding carboxylic acids is 2. The highest BCUT2D eigenvalue weighted by molar-refractivity contribution is 7.90. The van der Waals surface area contributed by atoms with Crippen LogP contribution in [-0.4, -0.2) is 43.7 Å². The van der Waals surface area contributed by atoms with Gasteiger partial charge in [0.2, 0.25) is 0 Å². The van der Waals surface area contributed by atoms with Gasteiger partial charge in [0.05, 0.1) is 30.0 Å². The molecule has 9 nitrogen and oxygen atoms in total. The number of rotatable bonds is 6. The van der Waals surface area contributed by atoms with Crippen LogP contribution in [0.2, 0.25) is 0 Å². The second-order valence-electron chi connectivity index (χ2n) is 7.33. The van der Waals surface area contributed by atoms with Crippen molar-refractivity contribution in [1.29, 1.82) is 0 Å². The average Bonchev–Trinajstić information content (AvgIpc) is 3.26. The zero-order chi connectivity index (χ0) is 22.7. The third-order valence-electron chi connectivity index (χ3n) is 5.10. The molecule has 0 aliphatic carbocycles. The van der Waals surface area contributed by atoms with Crippen molar-refractivity contribution in [3.63, 3.8) is 0 Å². The van der Waals surface area contributed by atoms with Gasteiger partial charge in [-0.3, -0.25) is 9.59 Å². The highest BCUT2D eigenvalue weighted by Gasteiger charge is 2.33. The predicted molar refractivity (Wildman–Crippen MR) is 118 cm³/mol. The maximum Gasteiger partial charge on any atom is 0.314 e. The number of amides is 2. The van der Waals surface area contributed by atoms with Gasteiger partial charge in [0.1, 0.15) is 11.6 Å². The highest BCUT2D eigenvalue weighted by Crippen LogP contribution is 2.32. The number of methoxy groups -OCH3 is 1. The van der Waals surface area contributed by atoms with E-state index >= 15 is 0 Å². The number of para-hydroxylation sites is 2. The van der Waals surface area contributed by atoms with Crippen LogP contribution in [-0.2, 0) is 37.4 Å². The molecule has 2 N–H and O–H groups in total. The maximum absolute atomic E-state index is 12.6. The average molecular weight is 455 g/mol. The summed E-state index contributed by atoms with van der Waals surface area (Å²) < 4.78 is 30.8. The van der Waals surface area contributed by atoms with E-state index in [-0.39, 0.29) is 23.9 Å². The molecule has 0 spiro atoms. The molecule has 4 rings (SSSR count). The van der Waals surface area contributed by atoms with E-state index in [0.717, 1.165) is 5.56 Å². The van der Waals surface area contributed by atoms with Gasteiger partial charge in [-0.25, -0.2) is 13.1 Å². The third kappa shape index (κ3) is 4.50. The number of anilines is 1. The van der Waals surface area contributed by atoms with Gasteiger partial charge in [-0.05, 0) is 30.2 Å². The van der Waals surface area contributed by atoms with E-state index in [9.17, 15) is 18.0 Å². The largest absolute Gasteiger partial charge is 0.496 e. The Morgan fingerprint density at radius 3 is 2.50 bits per heavy atom. The topological polar surface area (TPSA) is 119 Å². The molecule has 10 heteroatoms. The first-order valence-corrected chi connectivity index (χ1v) is 11.8. The molecule has 0 bridgehead atoms. The third-order valence-corrected chi connectivity index (χ3v) is 6.54. The maximum atomic E-state index is 12.6. The van der Waals surface area contributed by atoms with Crippen LogP contribution in [0.1, 0.15) is 16.8 Å². The fraction of sp³-hybridized carbons (Fsp3) is 0.227. The van der Waals surface area contributed by atoms with Gasteiger partial charge in [-0.15, -0.1) is 0 Å². The number of ether oxygens (including phenoxy) is 1. The summed E-state index contributed by atoms with van der Waals surface area (Å²) in [5.41, 5.74) is 2.33. The molecular weight excluding hydrogens is 432 g/mol. The molecule has 2 aromatic carbocycles. The van der Waals surface area contributed by atoms with Crippen LogP contribution in [0.5, 0.6) is 5.75 Å². The number of nitrogens with zero attached hydrogens (tertiary/aromatic N) is 2. The molecule has 0 unspecified atom stereocenters. The lowest BCUT2D eigenvalue weighted by Gasteiger charge is -2.12. The fourth-order valence-electron chi connectivity index (χ4n) is 3.59. The first kappa shape index (κ1) is 21.6. The Morgan fingerprint density at radius 1 is 1.03 bits per heavy atom. The minimum atomic E-state index is -3.33. The van der Waals surface area contributed by atoms with E-state index in [2.05, 4.69) is 15.7 Å². The van der Waals surface area contributed by atoms with Crippen molar-refractivity contribution >= 4 is 27.5 Å². The van der Waals surface area contributed by atoms with Crippen molar-refractivity contribution in [3.05, 3.63) is 71.4 Å². The number of nitrogens with one attached hydrogen (secondary N) is 2. The number of hydrogen-bond donors (Lipinski definition) is 2. The van der Waals surface area contributed by atoms with E-state index in [1.807, 2.05) is 30.3 Å². The summed E-state index contributed by atoms with van der Waals surface area (Å²) in [6, 6.07) is 16.4. The summed E-state index contributed by atoms with van der Waals surface area (Å²) in [6.45, 7) is 0.233. The summed E-state index contributed by atoms with van der Waals surface area (Å²) in [5.74, 6) is -1.26. The van der Waals surface area contributed by atoms with Crippen molar-refractivity contribution in [3.8, 4) is 11.4 Å². The van der Waals surface area contributed by atoms with Crippen LogP contribution in [0, 0.1) is 0 Å². The smallest absolute Gasteiger partial charge is 0.314 e. The number of fused-ring (bicyclic) bond motifs is 1. The minimum absolute atomic E-state index is 0.192. The Balaban J connectivity index is 1.48. The van der Waals surface area contributed by atoms with Crippen LogP contribution >= 0.6 is 0 Å². The summed E-state index contributed by atoms with van der Waals surface area (Å²) in [4.78, 5) is 25.0. The van der Waals surface area contributed by atoms with E-state index in [1.54, 1.807) is 31.4 Å². The molecule has 2 heterocycles. The number of carbonyl (C=O) groups is 2. The van der Waals surface area contributed by atoms with Crippen LogP contribution < -0.4 is 15.4 Å². The zero-order valence-electron chi connectivity index (χ0n) is 17.4. The molecule has 166 valence electrons. The van der Waals surface area contributed by atoms with E-state index in [0.29, 0.717) is 29.1 Å². The molecule has 0 fully saturated rings. The van der Waals surface area contributed by atoms with Gasteiger partial charge in [-0.1, -0.05) is 36.4 Å². The van der Waals surface area contributed by atoms with Crippen LogP contribution in [0.25, 0.3) is 5.69 Å². The first-order chi connectivity index (χ1) is 15.4. The number of benzene rings is 2. The summed E-state index contributed by atoms with van der Waals surface area (Å²) in [7, 11) is -1.76. The predicted octanol–water partition coefficient (Wildman–Crippen LogP) is 1.61. The van der Waals surface area contributed by atoms with Crippen molar-refractivity contribution < 1.29 is 22.7 Å². The minimum Gasteiger partial charge on any atom is -0.496 e. The molecule has 0 atom stereocenters. The quantitative estimate of drug-likeness (QED) is 0.546. The Morgan fingerprint density at radius 2 is 1.75 bits per heavy atom. The normalized spacial score (nSPS) is 13.9. The van der Waals surface area contributed by atoms with Gasteiger partial charge in [-0.2, -0.15) is 5.10 Å². The standard InChI is InChI=1S/C22H22N4O5S/c1-31-19-10-6-5-7-15(19)11-12-23-21(27)22(28)24-20-17-13-32(29,30)14-18(17)25-26(20)16-8-3-2-4-9-16/h2-10H,11-14H2,1H3,(H,23,27)(H,24,28). The lowest BCUT2D eigenvalue weighted by molar-refractivity contribution is -0.136. The Labute approximate surface area is 185 Å². The molecule has 0 saturated carbocycles. The van der Waals surface area contributed by atoms with E-state index in [4.69, 9.17) is 4.74 Å². The molecular formula is C22H22N4O5S. The Hall–Kier alpha value is -3.66. The lowest BCUT2D eigenvalue weighted by atomic mass is 10.1. The van der Waals surface area contributed by atoms with Gasteiger partial charge in [0, 0.05) is 12.1 Å². The summed E-state index contributed by atoms with van der Waals surface area (Å²) >= 11 is 0. The number of hydrogen-bond acceptors (Lipinski definition) is 6. The molecule has 0 saturated heterocycles. The number of sulfone groups is 1. The zero-order valence-corrected chi connectivity index (χ0v) is 18.2. The van der Waals surface area contributed by atoms with Crippen molar-refractivity contribution in [1.82, 2.24) is 15.1 Å². The summed E-state index contributed by atoms with van der Waals surface area (Å²) in [5, 5.41) is 9.51. The second kappa shape index (κ2) is 8.83. The van der Waals surface area contributed by atoms with Crippen LogP contribution in [0.3, 0.4) is 0 Å². The van der Waals surface area contributed by atoms with Gasteiger partial charge >= 0.3 is 11.8 Å². The van der Waals surface area contributed by atoms with Crippen LogP contribution in [0.15, 0.2) is 54.6 Å². The van der Waals surface area contributed by atoms with Crippen LogP contribution in [0.4, 0.5) is 5.82 Å². The first-order valence-electron chi connectivity index (χ1n) is 9.95. The van der Waals surface area contributed by atoms with Crippen molar-refractivity contribution in [2.75, 3.05) is 19.0 Å². The molecule has 1 aliphatic rings. The van der Waals surface area contributed by atoms with Crippen molar-refractivity contribution in [2.24, 2.45) is 0 Å². The highest BCUT2D eigenvalue weighted by atomic mass is 32.2. The molecule has 32 heavy (non-hydrogen) atoms. The van der Waals surface area contributed by atoms with E-state index < -0.39 is 21.7 Å². The molecule has 1 aliphatic heterocycles. The molecule has 0 radical (unpaired) electrons. The summed E-state index contributed by atoms with van der Waals surface area (Å²) in [6.07, 6.45) is 0.485. The SMILES string of the molecule is COc1ccccc1CCNC(=O)C(=O)Nc1c2c(nn1-c1ccccc1)CS(=O)(=O)C2.